The van der Waals surface area contributed by atoms with E-state index < -0.39 is 0 Å². The Labute approximate surface area is 115 Å². The second-order valence-electron chi connectivity index (χ2n) is 5.93. The predicted molar refractivity (Wildman–Crippen MR) is 78.1 cm³/mol. The maximum Gasteiger partial charge on any atom is 0.162 e. The van der Waals surface area contributed by atoms with Crippen molar-refractivity contribution in [3.8, 4) is 0 Å². The van der Waals surface area contributed by atoms with Gasteiger partial charge in [0.05, 0.1) is 0 Å². The predicted octanol–water partition coefficient (Wildman–Crippen LogP) is 4.33. The highest BCUT2D eigenvalue weighted by atomic mass is 16.1. The van der Waals surface area contributed by atoms with E-state index >= 15 is 0 Å². The van der Waals surface area contributed by atoms with Gasteiger partial charge < -0.3 is 0 Å². The Hall–Kier alpha value is -1.63. The summed E-state index contributed by atoms with van der Waals surface area (Å²) < 4.78 is 0. The average molecular weight is 252 g/mol. The van der Waals surface area contributed by atoms with Gasteiger partial charge in [-0.3, -0.25) is 4.79 Å². The van der Waals surface area contributed by atoms with E-state index in [4.69, 9.17) is 0 Å². The average Bonchev–Trinajstić information content (AvgIpc) is 3.20. The number of carbonyl (C=O) groups is 1. The molecule has 1 saturated carbocycles. The lowest BCUT2D eigenvalue weighted by Gasteiger charge is -2.11. The van der Waals surface area contributed by atoms with E-state index in [1.807, 2.05) is 6.08 Å². The van der Waals surface area contributed by atoms with Gasteiger partial charge in [0, 0.05) is 5.92 Å². The van der Waals surface area contributed by atoms with Crippen molar-refractivity contribution in [1.82, 2.24) is 0 Å². The first-order chi connectivity index (χ1) is 9.15. The molecule has 0 spiro atoms. The van der Waals surface area contributed by atoms with Crippen LogP contribution in [0.25, 0.3) is 0 Å². The smallest absolute Gasteiger partial charge is 0.162 e. The van der Waals surface area contributed by atoms with E-state index in [0.29, 0.717) is 11.7 Å². The second-order valence-corrected chi connectivity index (χ2v) is 5.93. The second kappa shape index (κ2) is 4.80. The van der Waals surface area contributed by atoms with Crippen LogP contribution in [-0.2, 0) is 4.79 Å². The summed E-state index contributed by atoms with van der Waals surface area (Å²) in [4.78, 5) is 12.4. The Kier molecular flexibility index (Phi) is 3.14. The molecule has 2 atom stereocenters. The summed E-state index contributed by atoms with van der Waals surface area (Å²) in [7, 11) is 0. The third kappa shape index (κ3) is 2.56. The highest BCUT2D eigenvalue weighted by molar-refractivity contribution is 6.00. The minimum atomic E-state index is 0.237. The summed E-state index contributed by atoms with van der Waals surface area (Å²) in [6.07, 6.45) is 7.13. The molecule has 19 heavy (non-hydrogen) atoms. The first-order valence-electron chi connectivity index (χ1n) is 7.12. The van der Waals surface area contributed by atoms with Crippen LogP contribution in [0, 0.1) is 12.8 Å². The zero-order valence-corrected chi connectivity index (χ0v) is 11.6. The molecule has 0 amide bonds. The fraction of sp³-hybridized carbons (Fsp3) is 0.389. The van der Waals surface area contributed by atoms with Crippen LogP contribution in [0.2, 0.25) is 0 Å². The van der Waals surface area contributed by atoms with Crippen molar-refractivity contribution in [3.05, 3.63) is 58.7 Å². The fourth-order valence-corrected chi connectivity index (χ4v) is 2.85. The van der Waals surface area contributed by atoms with E-state index in [9.17, 15) is 4.79 Å². The van der Waals surface area contributed by atoms with E-state index in [2.05, 4.69) is 44.2 Å². The lowest BCUT2D eigenvalue weighted by Crippen LogP contribution is -2.08. The van der Waals surface area contributed by atoms with Gasteiger partial charge in [-0.25, -0.2) is 0 Å². The summed E-state index contributed by atoms with van der Waals surface area (Å²) >= 11 is 0. The fourth-order valence-electron chi connectivity index (χ4n) is 2.85. The lowest BCUT2D eigenvalue weighted by atomic mass is 9.93. The summed E-state index contributed by atoms with van der Waals surface area (Å²) in [5.41, 5.74) is 5.02. The molecule has 2 aliphatic rings. The summed E-state index contributed by atoms with van der Waals surface area (Å²) in [5.74, 6) is 1.08. The van der Waals surface area contributed by atoms with E-state index in [1.54, 1.807) is 0 Å². The highest BCUT2D eigenvalue weighted by Gasteiger charge is 2.44. The lowest BCUT2D eigenvalue weighted by molar-refractivity contribution is -0.116. The molecular weight excluding hydrogens is 232 g/mol. The number of rotatable bonds is 3. The van der Waals surface area contributed by atoms with Gasteiger partial charge >= 0.3 is 0 Å². The van der Waals surface area contributed by atoms with Gasteiger partial charge in [-0.05, 0) is 50.2 Å². The molecule has 1 fully saturated rings. The van der Waals surface area contributed by atoms with Crippen molar-refractivity contribution in [2.24, 2.45) is 5.92 Å². The molecule has 2 aliphatic carbocycles. The molecule has 0 radical (unpaired) electrons. The maximum atomic E-state index is 12.4. The van der Waals surface area contributed by atoms with Crippen molar-refractivity contribution in [2.45, 2.75) is 39.0 Å². The zero-order valence-electron chi connectivity index (χ0n) is 11.6. The number of Topliss-reactive ketones (excluding diaryl/α,β-unsaturated/α-hetero) is 1. The number of hydrogen-bond donors (Lipinski definition) is 0. The Morgan fingerprint density at radius 2 is 1.79 bits per heavy atom. The molecule has 0 bridgehead atoms. The van der Waals surface area contributed by atoms with Gasteiger partial charge in [-0.15, -0.1) is 0 Å². The Morgan fingerprint density at radius 3 is 2.42 bits per heavy atom. The molecular formula is C18H20O. The largest absolute Gasteiger partial charge is 0.294 e. The first-order valence-corrected chi connectivity index (χ1v) is 7.12. The molecule has 98 valence electrons. The quantitative estimate of drug-likeness (QED) is 0.782. The van der Waals surface area contributed by atoms with Crippen molar-refractivity contribution < 1.29 is 4.79 Å². The van der Waals surface area contributed by atoms with Crippen LogP contribution in [0.4, 0.5) is 0 Å². The minimum absolute atomic E-state index is 0.237. The van der Waals surface area contributed by atoms with Crippen LogP contribution in [0.5, 0.6) is 0 Å². The van der Waals surface area contributed by atoms with Gasteiger partial charge in [-0.1, -0.05) is 47.6 Å². The number of allylic oxidation sites excluding steroid dienone is 4. The van der Waals surface area contributed by atoms with Gasteiger partial charge in [0.2, 0.25) is 0 Å². The van der Waals surface area contributed by atoms with Crippen LogP contribution in [0.1, 0.15) is 43.2 Å². The van der Waals surface area contributed by atoms with E-state index in [1.165, 1.54) is 16.7 Å². The molecule has 1 nitrogen and oxygen atoms in total. The summed E-state index contributed by atoms with van der Waals surface area (Å²) in [5, 5.41) is 0. The monoisotopic (exact) mass is 252 g/mol. The topological polar surface area (TPSA) is 17.1 Å². The number of benzene rings is 1. The van der Waals surface area contributed by atoms with Gasteiger partial charge in [0.15, 0.2) is 5.78 Å². The van der Waals surface area contributed by atoms with Crippen molar-refractivity contribution >= 4 is 5.78 Å². The van der Waals surface area contributed by atoms with Crippen molar-refractivity contribution in [2.75, 3.05) is 0 Å². The first kappa shape index (κ1) is 12.4. The molecule has 1 heteroatoms. The molecule has 2 unspecified atom stereocenters. The molecule has 0 N–H and O–H groups in total. The molecule has 3 rings (SSSR count). The Bertz CT molecular complexity index is 560. The molecule has 1 aromatic carbocycles. The van der Waals surface area contributed by atoms with E-state index in [0.717, 1.165) is 24.8 Å². The number of aryl methyl sites for hydroxylation is 1. The van der Waals surface area contributed by atoms with Crippen LogP contribution < -0.4 is 0 Å². The van der Waals surface area contributed by atoms with Gasteiger partial charge in [0.1, 0.15) is 0 Å². The molecule has 0 saturated heterocycles. The van der Waals surface area contributed by atoms with Crippen molar-refractivity contribution in [1.29, 1.82) is 0 Å². The summed E-state index contributed by atoms with van der Waals surface area (Å²) in [6.45, 7) is 4.23. The Morgan fingerprint density at radius 1 is 1.05 bits per heavy atom. The zero-order chi connectivity index (χ0) is 13.4. The maximum absolute atomic E-state index is 12.4. The number of carbonyl (C=O) groups excluding carboxylic acids is 1. The molecule has 1 aromatic rings. The number of ketones is 1. The molecule has 0 heterocycles. The SMILES string of the molecule is CC1=CC=C(C(=O)C2CC2c2ccc(C)cc2)CC1. The standard InChI is InChI=1S/C18H20O/c1-12-3-7-14(8-4-12)16-11-17(16)18(19)15-9-5-13(2)6-10-15/h3-5,7-9,16-17H,6,10-11H2,1-2H3. The van der Waals surface area contributed by atoms with Gasteiger partial charge in [-0.2, -0.15) is 0 Å². The third-order valence-electron chi connectivity index (χ3n) is 4.31. The molecule has 0 aromatic heterocycles. The molecule has 0 aliphatic heterocycles. The summed E-state index contributed by atoms with van der Waals surface area (Å²) in [6, 6.07) is 8.63. The Balaban J connectivity index is 1.70. The van der Waals surface area contributed by atoms with Crippen LogP contribution >= 0.6 is 0 Å². The minimum Gasteiger partial charge on any atom is -0.294 e. The van der Waals surface area contributed by atoms with E-state index in [-0.39, 0.29) is 5.92 Å². The van der Waals surface area contributed by atoms with Crippen LogP contribution in [0.3, 0.4) is 0 Å². The normalized spacial score (nSPS) is 25.6. The number of hydrogen-bond acceptors (Lipinski definition) is 1. The third-order valence-corrected chi connectivity index (χ3v) is 4.31. The van der Waals surface area contributed by atoms with Crippen molar-refractivity contribution in [3.63, 3.8) is 0 Å². The van der Waals surface area contributed by atoms with Crippen LogP contribution in [0.15, 0.2) is 47.6 Å². The highest BCUT2D eigenvalue weighted by Crippen LogP contribution is 2.49. The van der Waals surface area contributed by atoms with Crippen LogP contribution in [-0.4, -0.2) is 5.78 Å². The van der Waals surface area contributed by atoms with Gasteiger partial charge in [0.25, 0.3) is 0 Å².